The molecule has 0 spiro atoms. The van der Waals surface area contributed by atoms with E-state index in [-0.39, 0.29) is 6.15 Å². The zero-order valence-electron chi connectivity index (χ0n) is 11.0. The fraction of sp³-hybridized carbons (Fsp3) is 0.538. The minimum absolute atomic E-state index is 0. The molecule has 4 nitrogen and oxygen atoms in total. The van der Waals surface area contributed by atoms with E-state index in [1.54, 1.807) is 14.2 Å². The van der Waals surface area contributed by atoms with E-state index in [9.17, 15) is 0 Å². The third-order valence-corrected chi connectivity index (χ3v) is 2.34. The summed E-state index contributed by atoms with van der Waals surface area (Å²) >= 11 is 0. The van der Waals surface area contributed by atoms with Gasteiger partial charge in [-0.05, 0) is 37.5 Å². The summed E-state index contributed by atoms with van der Waals surface area (Å²) in [5.41, 5.74) is 1.25. The highest BCUT2D eigenvalue weighted by Crippen LogP contribution is 2.28. The van der Waals surface area contributed by atoms with Crippen LogP contribution in [0.5, 0.6) is 11.5 Å². The number of hydrogen-bond donors (Lipinski definition) is 1. The van der Waals surface area contributed by atoms with E-state index in [2.05, 4.69) is 6.07 Å². The maximum Gasteiger partial charge on any atom is 0.161 e. The van der Waals surface area contributed by atoms with Crippen molar-refractivity contribution in [3.63, 3.8) is 0 Å². The van der Waals surface area contributed by atoms with Crippen LogP contribution in [0.2, 0.25) is 0 Å². The van der Waals surface area contributed by atoms with Crippen LogP contribution >= 0.6 is 0 Å². The first-order chi connectivity index (χ1) is 7.81. The highest BCUT2D eigenvalue weighted by molar-refractivity contribution is 5.42. The van der Waals surface area contributed by atoms with Gasteiger partial charge in [-0.3, -0.25) is 0 Å². The van der Waals surface area contributed by atoms with Gasteiger partial charge in [0.05, 0.1) is 13.7 Å². The van der Waals surface area contributed by atoms with E-state index in [0.717, 1.165) is 30.9 Å². The third-order valence-electron chi connectivity index (χ3n) is 2.34. The molecule has 0 saturated carbocycles. The highest BCUT2D eigenvalue weighted by atomic mass is 16.5. The topological polar surface area (TPSA) is 62.7 Å². The predicted molar refractivity (Wildman–Crippen MR) is 69.4 cm³/mol. The van der Waals surface area contributed by atoms with Gasteiger partial charge in [-0.2, -0.15) is 0 Å². The average molecular weight is 241 g/mol. The fourth-order valence-corrected chi connectivity index (χ4v) is 1.57. The van der Waals surface area contributed by atoms with Gasteiger partial charge in [-0.25, -0.2) is 0 Å². The maximum absolute atomic E-state index is 5.52. The molecule has 3 N–H and O–H groups in total. The first-order valence-electron chi connectivity index (χ1n) is 5.60. The Labute approximate surface area is 103 Å². The molecular formula is C13H23NO3. The normalized spacial score (nSPS) is 9.59. The summed E-state index contributed by atoms with van der Waals surface area (Å²) in [7, 11) is 3.38. The summed E-state index contributed by atoms with van der Waals surface area (Å²) in [4.78, 5) is 0. The van der Waals surface area contributed by atoms with Crippen molar-refractivity contribution >= 4 is 0 Å². The van der Waals surface area contributed by atoms with Crippen LogP contribution in [0.4, 0.5) is 0 Å². The first-order valence-corrected chi connectivity index (χ1v) is 5.60. The second-order valence-electron chi connectivity index (χ2n) is 3.51. The van der Waals surface area contributed by atoms with Crippen LogP contribution in [0.15, 0.2) is 18.2 Å². The fourth-order valence-electron chi connectivity index (χ4n) is 1.57. The Morgan fingerprint density at radius 2 is 1.88 bits per heavy atom. The molecule has 1 aromatic carbocycles. The lowest BCUT2D eigenvalue weighted by Crippen LogP contribution is -1.98. The lowest BCUT2D eigenvalue weighted by Gasteiger charge is -2.10. The van der Waals surface area contributed by atoms with Gasteiger partial charge in [0.15, 0.2) is 11.5 Å². The van der Waals surface area contributed by atoms with E-state index >= 15 is 0 Å². The van der Waals surface area contributed by atoms with Gasteiger partial charge in [-0.1, -0.05) is 6.07 Å². The second-order valence-corrected chi connectivity index (χ2v) is 3.51. The molecule has 0 amide bonds. The first kappa shape index (κ1) is 15.7. The van der Waals surface area contributed by atoms with Gasteiger partial charge >= 0.3 is 0 Å². The summed E-state index contributed by atoms with van der Waals surface area (Å²) in [6.45, 7) is 3.41. The van der Waals surface area contributed by atoms with Crippen LogP contribution < -0.4 is 15.6 Å². The van der Waals surface area contributed by atoms with Crippen molar-refractivity contribution in [2.24, 2.45) is 0 Å². The van der Waals surface area contributed by atoms with Gasteiger partial charge < -0.3 is 20.4 Å². The molecule has 0 aliphatic heterocycles. The number of methoxy groups -OCH3 is 2. The van der Waals surface area contributed by atoms with Crippen LogP contribution in [0.1, 0.15) is 18.9 Å². The standard InChI is InChI=1S/C13H20O3.H3N/c1-4-16-13-10-11(6-5-9-14-2)7-8-12(13)15-3;/h7-8,10H,4-6,9H2,1-3H3;1H3. The number of aryl methyl sites for hydroxylation is 1. The Morgan fingerprint density at radius 1 is 1.12 bits per heavy atom. The lowest BCUT2D eigenvalue weighted by atomic mass is 10.1. The van der Waals surface area contributed by atoms with Crippen molar-refractivity contribution in [2.45, 2.75) is 19.8 Å². The molecule has 17 heavy (non-hydrogen) atoms. The van der Waals surface area contributed by atoms with Crippen molar-refractivity contribution in [3.8, 4) is 11.5 Å². The van der Waals surface area contributed by atoms with Crippen LogP contribution in [-0.4, -0.2) is 27.4 Å². The van der Waals surface area contributed by atoms with Gasteiger partial charge in [0.2, 0.25) is 0 Å². The summed E-state index contributed by atoms with van der Waals surface area (Å²) < 4.78 is 15.8. The van der Waals surface area contributed by atoms with Crippen molar-refractivity contribution in [3.05, 3.63) is 23.8 Å². The smallest absolute Gasteiger partial charge is 0.161 e. The van der Waals surface area contributed by atoms with Crippen molar-refractivity contribution in [1.29, 1.82) is 0 Å². The predicted octanol–water partition coefficient (Wildman–Crippen LogP) is 2.83. The van der Waals surface area contributed by atoms with Crippen LogP contribution in [0.3, 0.4) is 0 Å². The molecule has 4 heteroatoms. The molecule has 0 bridgehead atoms. The zero-order chi connectivity index (χ0) is 11.8. The van der Waals surface area contributed by atoms with Crippen LogP contribution in [0, 0.1) is 0 Å². The van der Waals surface area contributed by atoms with E-state index < -0.39 is 0 Å². The Morgan fingerprint density at radius 3 is 2.47 bits per heavy atom. The molecule has 1 aromatic rings. The molecule has 0 radical (unpaired) electrons. The Hall–Kier alpha value is -1.26. The van der Waals surface area contributed by atoms with Gasteiger partial charge in [-0.15, -0.1) is 0 Å². The van der Waals surface area contributed by atoms with Crippen LogP contribution in [-0.2, 0) is 11.2 Å². The number of benzene rings is 1. The number of rotatable bonds is 7. The summed E-state index contributed by atoms with van der Waals surface area (Å²) in [5.74, 6) is 1.61. The summed E-state index contributed by atoms with van der Waals surface area (Å²) in [6, 6.07) is 6.06. The molecule has 1 rings (SSSR count). The van der Waals surface area contributed by atoms with Crippen LogP contribution in [0.25, 0.3) is 0 Å². The van der Waals surface area contributed by atoms with E-state index in [1.165, 1.54) is 5.56 Å². The number of ether oxygens (including phenoxy) is 3. The SMILES string of the molecule is CCOc1cc(CCCOC)ccc1OC.N. The molecule has 0 aliphatic carbocycles. The maximum atomic E-state index is 5.52. The average Bonchev–Trinajstić information content (AvgIpc) is 2.30. The minimum Gasteiger partial charge on any atom is -0.493 e. The Kier molecular flexibility index (Phi) is 8.19. The van der Waals surface area contributed by atoms with Gasteiger partial charge in [0.25, 0.3) is 0 Å². The van der Waals surface area contributed by atoms with E-state index in [1.807, 2.05) is 19.1 Å². The second kappa shape index (κ2) is 8.84. The zero-order valence-corrected chi connectivity index (χ0v) is 11.0. The quantitative estimate of drug-likeness (QED) is 0.746. The Balaban J connectivity index is 0.00000256. The monoisotopic (exact) mass is 241 g/mol. The molecule has 98 valence electrons. The van der Waals surface area contributed by atoms with Crippen molar-refractivity contribution in [2.75, 3.05) is 27.4 Å². The van der Waals surface area contributed by atoms with Gasteiger partial charge in [0.1, 0.15) is 0 Å². The molecule has 0 unspecified atom stereocenters. The molecule has 0 saturated heterocycles. The minimum atomic E-state index is 0. The molecule has 0 heterocycles. The summed E-state index contributed by atoms with van der Waals surface area (Å²) in [5, 5.41) is 0. The molecular weight excluding hydrogens is 218 g/mol. The molecule has 0 aromatic heterocycles. The molecule has 0 fully saturated rings. The van der Waals surface area contributed by atoms with Crippen molar-refractivity contribution < 1.29 is 14.2 Å². The summed E-state index contributed by atoms with van der Waals surface area (Å²) in [6.07, 6.45) is 2.02. The molecule has 0 aliphatic rings. The van der Waals surface area contributed by atoms with Gasteiger partial charge in [0, 0.05) is 13.7 Å². The lowest BCUT2D eigenvalue weighted by molar-refractivity contribution is 0.195. The van der Waals surface area contributed by atoms with E-state index in [4.69, 9.17) is 14.2 Å². The largest absolute Gasteiger partial charge is 0.493 e. The van der Waals surface area contributed by atoms with Crippen molar-refractivity contribution in [1.82, 2.24) is 6.15 Å². The van der Waals surface area contributed by atoms with E-state index in [0.29, 0.717) is 6.61 Å². The number of hydrogen-bond acceptors (Lipinski definition) is 4. The Bertz CT molecular complexity index is 316. The molecule has 0 atom stereocenters. The third kappa shape index (κ3) is 5.06. The highest BCUT2D eigenvalue weighted by Gasteiger charge is 2.04.